The Bertz CT molecular complexity index is 1070. The van der Waals surface area contributed by atoms with E-state index in [1.54, 1.807) is 28.9 Å². The molecule has 27 heavy (non-hydrogen) atoms. The SMILES string of the molecule is Cc1cccc(-n2nc3c(c2NC(=O)c2ccc(Cl)cc2)C[S@](=O)C3)c1C. The third-order valence-corrected chi connectivity index (χ3v) is 6.27. The Morgan fingerprint density at radius 2 is 1.89 bits per heavy atom. The summed E-state index contributed by atoms with van der Waals surface area (Å²) in [6, 6.07) is 12.7. The number of halogens is 1. The van der Waals surface area contributed by atoms with Crippen LogP contribution in [0.2, 0.25) is 5.02 Å². The van der Waals surface area contributed by atoms with Crippen molar-refractivity contribution in [3.63, 3.8) is 0 Å². The first-order chi connectivity index (χ1) is 12.9. The molecule has 0 unspecified atom stereocenters. The van der Waals surface area contributed by atoms with Crippen LogP contribution in [0.3, 0.4) is 0 Å². The molecular formula is C20H18ClN3O2S. The zero-order valence-corrected chi connectivity index (χ0v) is 16.5. The van der Waals surface area contributed by atoms with Crippen LogP contribution in [-0.2, 0) is 22.3 Å². The van der Waals surface area contributed by atoms with Crippen molar-refractivity contribution in [2.75, 3.05) is 5.32 Å². The van der Waals surface area contributed by atoms with Gasteiger partial charge < -0.3 is 5.32 Å². The lowest BCUT2D eigenvalue weighted by Gasteiger charge is -2.14. The number of carbonyl (C=O) groups excluding carboxylic acids is 1. The first-order valence-electron chi connectivity index (χ1n) is 8.53. The van der Waals surface area contributed by atoms with E-state index < -0.39 is 10.8 Å². The minimum absolute atomic E-state index is 0.251. The van der Waals surface area contributed by atoms with Crippen molar-refractivity contribution in [3.05, 3.63) is 75.4 Å². The average molecular weight is 400 g/mol. The maximum Gasteiger partial charge on any atom is 0.256 e. The number of rotatable bonds is 3. The number of carbonyl (C=O) groups is 1. The second-order valence-electron chi connectivity index (χ2n) is 6.59. The highest BCUT2D eigenvalue weighted by Crippen LogP contribution is 2.33. The average Bonchev–Trinajstić information content (AvgIpc) is 3.15. The minimum atomic E-state index is -0.980. The predicted octanol–water partition coefficient (Wildman–Crippen LogP) is 4.16. The van der Waals surface area contributed by atoms with Crippen molar-refractivity contribution in [1.29, 1.82) is 0 Å². The van der Waals surface area contributed by atoms with Crippen LogP contribution >= 0.6 is 11.6 Å². The second kappa shape index (κ2) is 6.94. The number of aryl methyl sites for hydroxylation is 1. The van der Waals surface area contributed by atoms with E-state index in [1.807, 2.05) is 32.0 Å². The fourth-order valence-electron chi connectivity index (χ4n) is 3.18. The molecule has 1 aliphatic heterocycles. The molecule has 1 N–H and O–H groups in total. The lowest BCUT2D eigenvalue weighted by atomic mass is 10.1. The molecule has 2 heterocycles. The third-order valence-electron chi connectivity index (χ3n) is 4.81. The van der Waals surface area contributed by atoms with Crippen molar-refractivity contribution in [2.24, 2.45) is 0 Å². The summed E-state index contributed by atoms with van der Waals surface area (Å²) in [5.74, 6) is 1.15. The van der Waals surface area contributed by atoms with E-state index in [2.05, 4.69) is 10.4 Å². The predicted molar refractivity (Wildman–Crippen MR) is 108 cm³/mol. The lowest BCUT2D eigenvalue weighted by Crippen LogP contribution is -2.17. The molecule has 0 bridgehead atoms. The monoisotopic (exact) mass is 399 g/mol. The summed E-state index contributed by atoms with van der Waals surface area (Å²) in [6.45, 7) is 4.07. The Hall–Kier alpha value is -2.44. The van der Waals surface area contributed by atoms with Gasteiger partial charge in [-0.05, 0) is 55.3 Å². The highest BCUT2D eigenvalue weighted by Gasteiger charge is 2.29. The van der Waals surface area contributed by atoms with Gasteiger partial charge in [0.1, 0.15) is 5.82 Å². The van der Waals surface area contributed by atoms with E-state index >= 15 is 0 Å². The second-order valence-corrected chi connectivity index (χ2v) is 8.49. The van der Waals surface area contributed by atoms with Gasteiger partial charge >= 0.3 is 0 Å². The molecule has 1 aliphatic rings. The summed E-state index contributed by atoms with van der Waals surface area (Å²) in [5, 5.41) is 8.21. The van der Waals surface area contributed by atoms with Crippen molar-refractivity contribution in [1.82, 2.24) is 9.78 Å². The quantitative estimate of drug-likeness (QED) is 0.719. The van der Waals surface area contributed by atoms with Gasteiger partial charge in [0.25, 0.3) is 5.91 Å². The molecule has 5 nitrogen and oxygen atoms in total. The van der Waals surface area contributed by atoms with E-state index in [1.165, 1.54) is 0 Å². The van der Waals surface area contributed by atoms with Crippen LogP contribution in [0.1, 0.15) is 32.7 Å². The fraction of sp³-hybridized carbons (Fsp3) is 0.200. The first-order valence-corrected chi connectivity index (χ1v) is 10.4. The van der Waals surface area contributed by atoms with E-state index in [-0.39, 0.29) is 5.91 Å². The maximum absolute atomic E-state index is 12.8. The number of benzene rings is 2. The molecule has 0 spiro atoms. The number of anilines is 1. The van der Waals surface area contributed by atoms with Gasteiger partial charge in [0.2, 0.25) is 0 Å². The summed E-state index contributed by atoms with van der Waals surface area (Å²) in [5.41, 5.74) is 5.25. The Balaban J connectivity index is 1.79. The molecule has 0 radical (unpaired) electrons. The largest absolute Gasteiger partial charge is 0.306 e. The Labute approximate surface area is 164 Å². The number of amides is 1. The summed E-state index contributed by atoms with van der Waals surface area (Å²) in [7, 11) is -0.980. The zero-order chi connectivity index (χ0) is 19.1. The van der Waals surface area contributed by atoms with Crippen LogP contribution in [0.5, 0.6) is 0 Å². The van der Waals surface area contributed by atoms with Crippen LogP contribution in [0.15, 0.2) is 42.5 Å². The molecule has 2 aromatic carbocycles. The van der Waals surface area contributed by atoms with Crippen molar-refractivity contribution in [2.45, 2.75) is 25.4 Å². The molecule has 4 rings (SSSR count). The smallest absolute Gasteiger partial charge is 0.256 e. The molecule has 0 fully saturated rings. The van der Waals surface area contributed by atoms with Gasteiger partial charge in [-0.1, -0.05) is 23.7 Å². The summed E-state index contributed by atoms with van der Waals surface area (Å²) in [4.78, 5) is 12.8. The number of aromatic nitrogens is 2. The molecule has 1 aromatic heterocycles. The molecule has 0 saturated carbocycles. The molecule has 0 aliphatic carbocycles. The number of hydrogen-bond acceptors (Lipinski definition) is 3. The number of nitrogens with zero attached hydrogens (tertiary/aromatic N) is 2. The van der Waals surface area contributed by atoms with E-state index in [0.717, 1.165) is 28.1 Å². The maximum atomic E-state index is 12.8. The van der Waals surface area contributed by atoms with E-state index in [4.69, 9.17) is 11.6 Å². The fourth-order valence-corrected chi connectivity index (χ4v) is 4.57. The van der Waals surface area contributed by atoms with Crippen LogP contribution in [0.25, 0.3) is 5.69 Å². The van der Waals surface area contributed by atoms with Crippen LogP contribution in [-0.4, -0.2) is 19.9 Å². The van der Waals surface area contributed by atoms with Crippen molar-refractivity contribution < 1.29 is 9.00 Å². The standard InChI is InChI=1S/C20H18ClN3O2S/c1-12-4-3-5-18(13(12)2)24-19(16-10-27(26)11-17(16)23-24)22-20(25)14-6-8-15(21)9-7-14/h3-9H,10-11H2,1-2H3,(H,22,25)/t27-/m0/s1. The summed E-state index contributed by atoms with van der Waals surface area (Å²) in [6.07, 6.45) is 0. The Morgan fingerprint density at radius 1 is 1.15 bits per heavy atom. The molecule has 3 aromatic rings. The van der Waals surface area contributed by atoms with Gasteiger partial charge in [-0.25, -0.2) is 4.68 Å². The van der Waals surface area contributed by atoms with Gasteiger partial charge in [0, 0.05) is 26.9 Å². The Morgan fingerprint density at radius 3 is 2.63 bits per heavy atom. The zero-order valence-electron chi connectivity index (χ0n) is 15.0. The topological polar surface area (TPSA) is 64.0 Å². The summed E-state index contributed by atoms with van der Waals surface area (Å²) < 4.78 is 13.8. The molecule has 7 heteroatoms. The van der Waals surface area contributed by atoms with Gasteiger partial charge in [0.15, 0.2) is 0 Å². The Kier molecular flexibility index (Phi) is 4.61. The van der Waals surface area contributed by atoms with Gasteiger partial charge in [-0.3, -0.25) is 9.00 Å². The van der Waals surface area contributed by atoms with Crippen LogP contribution in [0.4, 0.5) is 5.82 Å². The van der Waals surface area contributed by atoms with E-state index in [0.29, 0.717) is 27.9 Å². The molecule has 1 amide bonds. The van der Waals surface area contributed by atoms with Crippen LogP contribution in [0, 0.1) is 13.8 Å². The number of fused-ring (bicyclic) bond motifs is 1. The van der Waals surface area contributed by atoms with Gasteiger partial charge in [0.05, 0.1) is 22.9 Å². The van der Waals surface area contributed by atoms with E-state index in [9.17, 15) is 9.00 Å². The number of hydrogen-bond donors (Lipinski definition) is 1. The highest BCUT2D eigenvalue weighted by molar-refractivity contribution is 7.83. The minimum Gasteiger partial charge on any atom is -0.306 e. The van der Waals surface area contributed by atoms with Crippen LogP contribution < -0.4 is 5.32 Å². The summed E-state index contributed by atoms with van der Waals surface area (Å²) >= 11 is 5.91. The van der Waals surface area contributed by atoms with Gasteiger partial charge in [-0.2, -0.15) is 5.10 Å². The highest BCUT2D eigenvalue weighted by atomic mass is 35.5. The molecule has 1 atom stereocenters. The number of nitrogens with one attached hydrogen (secondary N) is 1. The van der Waals surface area contributed by atoms with Gasteiger partial charge in [-0.15, -0.1) is 0 Å². The first kappa shape index (κ1) is 17.9. The van der Waals surface area contributed by atoms with Crippen molar-refractivity contribution in [3.8, 4) is 5.69 Å². The third kappa shape index (κ3) is 3.31. The molecular weight excluding hydrogens is 382 g/mol. The lowest BCUT2D eigenvalue weighted by molar-refractivity contribution is 0.102. The molecule has 138 valence electrons. The normalized spacial score (nSPS) is 15.6. The molecule has 0 saturated heterocycles. The van der Waals surface area contributed by atoms with Crippen molar-refractivity contribution >= 4 is 34.1 Å².